The topological polar surface area (TPSA) is 37.4 Å². The summed E-state index contributed by atoms with van der Waals surface area (Å²) in [5, 5.41) is 0. The number of allylic oxidation sites excluding steroid dienone is 4. The van der Waals surface area contributed by atoms with Crippen LogP contribution in [0.1, 0.15) is 43.2 Å². The molecule has 0 radical (unpaired) electrons. The number of anilines is 1. The van der Waals surface area contributed by atoms with E-state index in [1.807, 2.05) is 32.0 Å². The van der Waals surface area contributed by atoms with Crippen molar-refractivity contribution in [2.75, 3.05) is 4.90 Å². The molecule has 26 heavy (non-hydrogen) atoms. The number of carbonyl (C=O) groups excluding carboxylic acids is 2. The fourth-order valence-electron chi connectivity index (χ4n) is 5.70. The Bertz CT molecular complexity index is 836. The van der Waals surface area contributed by atoms with Gasteiger partial charge in [-0.05, 0) is 56.7 Å². The molecule has 3 heteroatoms. The summed E-state index contributed by atoms with van der Waals surface area (Å²) < 4.78 is 0. The minimum Gasteiger partial charge on any atom is -0.274 e. The summed E-state index contributed by atoms with van der Waals surface area (Å²) in [5.41, 5.74) is 5.82. The minimum absolute atomic E-state index is 0.0134. The van der Waals surface area contributed by atoms with E-state index in [2.05, 4.69) is 12.2 Å². The van der Waals surface area contributed by atoms with Gasteiger partial charge in [-0.2, -0.15) is 0 Å². The van der Waals surface area contributed by atoms with Crippen LogP contribution < -0.4 is 4.90 Å². The lowest BCUT2D eigenvalue weighted by molar-refractivity contribution is -0.122. The Morgan fingerprint density at radius 3 is 2.12 bits per heavy atom. The van der Waals surface area contributed by atoms with Crippen LogP contribution in [0.3, 0.4) is 0 Å². The first-order chi connectivity index (χ1) is 12.6. The van der Waals surface area contributed by atoms with Gasteiger partial charge in [-0.3, -0.25) is 9.59 Å². The monoisotopic (exact) mass is 347 g/mol. The van der Waals surface area contributed by atoms with Crippen molar-refractivity contribution in [2.45, 2.75) is 46.0 Å². The molecule has 3 nitrogen and oxygen atoms in total. The van der Waals surface area contributed by atoms with Crippen LogP contribution in [0.5, 0.6) is 0 Å². The van der Waals surface area contributed by atoms with Crippen molar-refractivity contribution >= 4 is 17.5 Å². The Morgan fingerprint density at radius 1 is 0.885 bits per heavy atom. The molecule has 2 amide bonds. The zero-order valence-electron chi connectivity index (χ0n) is 15.5. The summed E-state index contributed by atoms with van der Waals surface area (Å²) in [4.78, 5) is 28.1. The third kappa shape index (κ3) is 2.06. The van der Waals surface area contributed by atoms with Crippen LogP contribution in [0.2, 0.25) is 0 Å². The Labute approximate surface area is 154 Å². The summed E-state index contributed by atoms with van der Waals surface area (Å²) in [7, 11) is 0. The number of fused-ring (bicyclic) bond motifs is 5. The summed E-state index contributed by atoms with van der Waals surface area (Å²) in [6, 6.07) is 6.01. The summed E-state index contributed by atoms with van der Waals surface area (Å²) in [6.07, 6.45) is 10.6. The Morgan fingerprint density at radius 2 is 1.50 bits per heavy atom. The highest BCUT2D eigenvalue weighted by atomic mass is 16.2. The zero-order valence-corrected chi connectivity index (χ0v) is 15.5. The number of benzene rings is 1. The van der Waals surface area contributed by atoms with Gasteiger partial charge in [-0.15, -0.1) is 0 Å². The molecule has 5 rings (SSSR count). The molecule has 4 atom stereocenters. The molecule has 1 aromatic carbocycles. The molecule has 0 spiro atoms. The van der Waals surface area contributed by atoms with Crippen LogP contribution in [-0.4, -0.2) is 11.8 Å². The van der Waals surface area contributed by atoms with Gasteiger partial charge in [-0.25, -0.2) is 4.90 Å². The number of rotatable bonds is 1. The largest absolute Gasteiger partial charge is 0.274 e. The molecule has 4 aliphatic rings. The maximum absolute atomic E-state index is 13.3. The standard InChI is InChI=1S/C23H25NO2/c1-13-8-9-14(2)18(12-13)24-22(25)20-16-10-11-17(21(20)23(24)26)19(16)15-6-4-3-5-7-15/h8-12,16-17,20-21H,3-7H2,1-2H3/t16-,17-,20+,21+/m1/s1. The average Bonchev–Trinajstić information content (AvgIpc) is 3.28. The van der Waals surface area contributed by atoms with E-state index in [0.29, 0.717) is 0 Å². The SMILES string of the molecule is Cc1ccc(C)c(N2C(=O)[C@@H]3[C@@H](C2=O)[C@@H]2C=C[C@@H]3C2=C2CCCCC2)c1. The highest BCUT2D eigenvalue weighted by Crippen LogP contribution is 2.58. The van der Waals surface area contributed by atoms with Crippen LogP contribution in [0.25, 0.3) is 0 Å². The maximum Gasteiger partial charge on any atom is 0.238 e. The first-order valence-corrected chi connectivity index (χ1v) is 9.93. The van der Waals surface area contributed by atoms with Gasteiger partial charge in [0.25, 0.3) is 0 Å². The summed E-state index contributed by atoms with van der Waals surface area (Å²) in [6.45, 7) is 3.98. The van der Waals surface area contributed by atoms with Gasteiger partial charge in [0.05, 0.1) is 17.5 Å². The predicted molar refractivity (Wildman–Crippen MR) is 102 cm³/mol. The van der Waals surface area contributed by atoms with Crippen molar-refractivity contribution < 1.29 is 9.59 Å². The molecule has 3 aliphatic carbocycles. The number of amides is 2. The number of nitrogens with zero attached hydrogens (tertiary/aromatic N) is 1. The van der Waals surface area contributed by atoms with Crippen LogP contribution >= 0.6 is 0 Å². The summed E-state index contributed by atoms with van der Waals surface area (Å²) >= 11 is 0. The van der Waals surface area contributed by atoms with Gasteiger partial charge < -0.3 is 0 Å². The van der Waals surface area contributed by atoms with Crippen molar-refractivity contribution in [1.82, 2.24) is 0 Å². The zero-order chi connectivity index (χ0) is 18.0. The number of carbonyl (C=O) groups is 2. The predicted octanol–water partition coefficient (Wildman–Crippen LogP) is 4.49. The van der Waals surface area contributed by atoms with E-state index in [9.17, 15) is 9.59 Å². The lowest BCUT2D eigenvalue weighted by Crippen LogP contribution is -2.34. The lowest BCUT2D eigenvalue weighted by atomic mass is 9.85. The molecule has 1 aromatic rings. The van der Waals surface area contributed by atoms with Gasteiger partial charge in [0, 0.05) is 11.8 Å². The molecule has 0 aromatic heterocycles. The third-order valence-electron chi connectivity index (χ3n) is 6.89. The summed E-state index contributed by atoms with van der Waals surface area (Å²) in [5.74, 6) is -0.0167. The smallest absolute Gasteiger partial charge is 0.238 e. The van der Waals surface area contributed by atoms with Crippen molar-refractivity contribution in [2.24, 2.45) is 23.7 Å². The molecule has 3 fully saturated rings. The van der Waals surface area contributed by atoms with E-state index in [0.717, 1.165) is 29.7 Å². The Hall–Kier alpha value is -2.16. The average molecular weight is 347 g/mol. The van der Waals surface area contributed by atoms with E-state index in [1.165, 1.54) is 29.7 Å². The van der Waals surface area contributed by atoms with Gasteiger partial charge in [0.2, 0.25) is 11.8 Å². The quantitative estimate of drug-likeness (QED) is 0.555. The Kier molecular flexibility index (Phi) is 3.50. The maximum atomic E-state index is 13.3. The van der Waals surface area contributed by atoms with Crippen molar-refractivity contribution in [1.29, 1.82) is 0 Å². The van der Waals surface area contributed by atoms with E-state index < -0.39 is 0 Å². The molecule has 1 aliphatic heterocycles. The number of hydrogen-bond acceptors (Lipinski definition) is 2. The van der Waals surface area contributed by atoms with Gasteiger partial charge in [0.15, 0.2) is 0 Å². The van der Waals surface area contributed by atoms with Crippen LogP contribution in [0.15, 0.2) is 41.5 Å². The normalized spacial score (nSPS) is 32.8. The van der Waals surface area contributed by atoms with Crippen molar-refractivity contribution in [3.63, 3.8) is 0 Å². The van der Waals surface area contributed by atoms with Crippen molar-refractivity contribution in [3.05, 3.63) is 52.6 Å². The van der Waals surface area contributed by atoms with Crippen LogP contribution in [-0.2, 0) is 9.59 Å². The second-order valence-corrected chi connectivity index (χ2v) is 8.41. The first kappa shape index (κ1) is 16.0. The number of hydrogen-bond donors (Lipinski definition) is 0. The van der Waals surface area contributed by atoms with Crippen molar-refractivity contribution in [3.8, 4) is 0 Å². The molecular formula is C23H25NO2. The number of aryl methyl sites for hydroxylation is 2. The van der Waals surface area contributed by atoms with Gasteiger partial charge in [0.1, 0.15) is 0 Å². The van der Waals surface area contributed by atoms with Crippen LogP contribution in [0.4, 0.5) is 5.69 Å². The second-order valence-electron chi connectivity index (χ2n) is 8.41. The third-order valence-corrected chi connectivity index (χ3v) is 6.89. The van der Waals surface area contributed by atoms with E-state index in [1.54, 1.807) is 5.57 Å². The van der Waals surface area contributed by atoms with Gasteiger partial charge >= 0.3 is 0 Å². The van der Waals surface area contributed by atoms with Crippen LogP contribution in [0, 0.1) is 37.5 Å². The Balaban J connectivity index is 1.55. The minimum atomic E-state index is -0.179. The molecule has 134 valence electrons. The van der Waals surface area contributed by atoms with E-state index in [-0.39, 0.29) is 35.5 Å². The van der Waals surface area contributed by atoms with Gasteiger partial charge in [-0.1, -0.05) is 41.9 Å². The highest BCUT2D eigenvalue weighted by molar-refractivity contribution is 6.23. The highest BCUT2D eigenvalue weighted by Gasteiger charge is 2.62. The molecular weight excluding hydrogens is 322 g/mol. The second kappa shape index (κ2) is 5.67. The van der Waals surface area contributed by atoms with E-state index >= 15 is 0 Å². The first-order valence-electron chi connectivity index (χ1n) is 9.93. The fraction of sp³-hybridized carbons (Fsp3) is 0.478. The molecule has 1 saturated heterocycles. The molecule has 2 bridgehead atoms. The molecule has 0 unspecified atom stereocenters. The fourth-order valence-corrected chi connectivity index (χ4v) is 5.70. The lowest BCUT2D eigenvalue weighted by Gasteiger charge is -2.24. The molecule has 2 saturated carbocycles. The molecule has 0 N–H and O–H groups in total. The van der Waals surface area contributed by atoms with E-state index in [4.69, 9.17) is 0 Å². The molecule has 1 heterocycles. The number of imide groups is 1.